The van der Waals surface area contributed by atoms with Gasteiger partial charge in [-0.1, -0.05) is 13.0 Å². The predicted octanol–water partition coefficient (Wildman–Crippen LogP) is 3.84. The van der Waals surface area contributed by atoms with Gasteiger partial charge in [-0.25, -0.2) is 0 Å². The zero-order valence-electron chi connectivity index (χ0n) is 14.2. The number of nitrogen functional groups attached to an aromatic ring is 1. The maximum atomic E-state index is 12.9. The summed E-state index contributed by atoms with van der Waals surface area (Å²) < 4.78 is 0. The lowest BCUT2D eigenvalue weighted by atomic mass is 10.1. The molecule has 1 amide bonds. The zero-order valence-corrected chi connectivity index (χ0v) is 15.1. The highest BCUT2D eigenvalue weighted by atomic mass is 32.1. The zero-order chi connectivity index (χ0) is 17.0. The monoisotopic (exact) mass is 331 g/mol. The van der Waals surface area contributed by atoms with Crippen molar-refractivity contribution in [3.05, 3.63) is 46.2 Å². The van der Waals surface area contributed by atoms with Crippen LogP contribution >= 0.6 is 11.3 Å². The van der Waals surface area contributed by atoms with Gasteiger partial charge in [0.05, 0.1) is 4.88 Å². The van der Waals surface area contributed by atoms with Crippen molar-refractivity contribution in [2.45, 2.75) is 32.9 Å². The van der Waals surface area contributed by atoms with Crippen molar-refractivity contribution in [1.29, 1.82) is 0 Å². The van der Waals surface area contributed by atoms with Gasteiger partial charge in [-0.05, 0) is 48.6 Å². The van der Waals surface area contributed by atoms with E-state index < -0.39 is 0 Å². The van der Waals surface area contributed by atoms with E-state index in [9.17, 15) is 4.79 Å². The second-order valence-corrected chi connectivity index (χ2v) is 6.90. The molecule has 0 saturated heterocycles. The third-order valence-corrected chi connectivity index (χ3v) is 4.90. The molecule has 0 aliphatic rings. The van der Waals surface area contributed by atoms with E-state index in [4.69, 9.17) is 5.73 Å². The molecule has 1 unspecified atom stereocenters. The maximum absolute atomic E-state index is 12.9. The van der Waals surface area contributed by atoms with E-state index in [1.54, 1.807) is 0 Å². The van der Waals surface area contributed by atoms with E-state index in [0.29, 0.717) is 6.54 Å². The van der Waals surface area contributed by atoms with Crippen LogP contribution in [-0.2, 0) is 6.54 Å². The van der Waals surface area contributed by atoms with Crippen LogP contribution in [0, 0.1) is 0 Å². The molecule has 1 heterocycles. The number of amides is 1. The van der Waals surface area contributed by atoms with Crippen LogP contribution in [0.5, 0.6) is 0 Å². The highest BCUT2D eigenvalue weighted by Crippen LogP contribution is 2.26. The second-order valence-electron chi connectivity index (χ2n) is 5.95. The van der Waals surface area contributed by atoms with Crippen molar-refractivity contribution < 1.29 is 4.79 Å². The van der Waals surface area contributed by atoms with Crippen molar-refractivity contribution in [2.24, 2.45) is 0 Å². The van der Waals surface area contributed by atoms with Crippen LogP contribution in [0.4, 0.5) is 11.4 Å². The molecule has 0 spiro atoms. The van der Waals surface area contributed by atoms with Gasteiger partial charge >= 0.3 is 0 Å². The summed E-state index contributed by atoms with van der Waals surface area (Å²) in [6, 6.07) is 9.84. The van der Waals surface area contributed by atoms with Gasteiger partial charge in [-0.3, -0.25) is 4.79 Å². The summed E-state index contributed by atoms with van der Waals surface area (Å²) in [5, 5.41) is 1.94. The molecule has 4 nitrogen and oxygen atoms in total. The standard InChI is InChI=1S/C18H25N3OS/c1-5-13(2)21(18(22)17-7-6-10-23-17)12-14-11-15(19)8-9-16(14)20(3)4/h6-11,13H,5,12,19H2,1-4H3. The number of thiophene rings is 1. The molecule has 0 bridgehead atoms. The minimum Gasteiger partial charge on any atom is -0.399 e. The molecular weight excluding hydrogens is 306 g/mol. The van der Waals surface area contributed by atoms with E-state index >= 15 is 0 Å². The molecule has 23 heavy (non-hydrogen) atoms. The molecule has 0 saturated carbocycles. The van der Waals surface area contributed by atoms with Crippen molar-refractivity contribution in [2.75, 3.05) is 24.7 Å². The van der Waals surface area contributed by atoms with Crippen molar-refractivity contribution in [3.63, 3.8) is 0 Å². The lowest BCUT2D eigenvalue weighted by molar-refractivity contribution is 0.0677. The number of benzene rings is 1. The first kappa shape index (κ1) is 17.3. The van der Waals surface area contributed by atoms with Gasteiger partial charge < -0.3 is 15.5 Å². The minimum absolute atomic E-state index is 0.0847. The lowest BCUT2D eigenvalue weighted by Gasteiger charge is -2.30. The fourth-order valence-electron chi connectivity index (χ4n) is 2.54. The molecular formula is C18H25N3OS. The molecule has 1 aromatic heterocycles. The van der Waals surface area contributed by atoms with Gasteiger partial charge in [-0.15, -0.1) is 11.3 Å². The van der Waals surface area contributed by atoms with Crippen LogP contribution in [0.1, 0.15) is 35.5 Å². The summed E-state index contributed by atoms with van der Waals surface area (Å²) >= 11 is 1.49. The molecule has 2 rings (SSSR count). The molecule has 5 heteroatoms. The van der Waals surface area contributed by atoms with E-state index in [-0.39, 0.29) is 11.9 Å². The quantitative estimate of drug-likeness (QED) is 0.818. The summed E-state index contributed by atoms with van der Waals surface area (Å²) in [4.78, 5) is 17.6. The SMILES string of the molecule is CCC(C)N(Cc1cc(N)ccc1N(C)C)C(=O)c1cccs1. The van der Waals surface area contributed by atoms with E-state index in [2.05, 4.69) is 18.7 Å². The minimum atomic E-state index is 0.0847. The number of rotatable bonds is 6. The number of nitrogens with two attached hydrogens (primary N) is 1. The predicted molar refractivity (Wildman–Crippen MR) is 99.1 cm³/mol. The molecule has 1 atom stereocenters. The Hall–Kier alpha value is -2.01. The van der Waals surface area contributed by atoms with Crippen LogP contribution < -0.4 is 10.6 Å². The summed E-state index contributed by atoms with van der Waals surface area (Å²) in [5.74, 6) is 0.0847. The smallest absolute Gasteiger partial charge is 0.264 e. The fourth-order valence-corrected chi connectivity index (χ4v) is 3.22. The maximum Gasteiger partial charge on any atom is 0.264 e. The first-order chi connectivity index (χ1) is 10.9. The molecule has 2 aromatic rings. The molecule has 0 radical (unpaired) electrons. The number of carbonyl (C=O) groups excluding carboxylic acids is 1. The average Bonchev–Trinajstić information content (AvgIpc) is 3.05. The Morgan fingerprint density at radius 3 is 2.61 bits per heavy atom. The highest BCUT2D eigenvalue weighted by molar-refractivity contribution is 7.12. The van der Waals surface area contributed by atoms with Crippen molar-refractivity contribution >= 4 is 28.6 Å². The third-order valence-electron chi connectivity index (χ3n) is 4.04. The van der Waals surface area contributed by atoms with Crippen LogP contribution in [0.15, 0.2) is 35.7 Å². The van der Waals surface area contributed by atoms with Gasteiger partial charge in [0.2, 0.25) is 0 Å². The highest BCUT2D eigenvalue weighted by Gasteiger charge is 2.23. The summed E-state index contributed by atoms with van der Waals surface area (Å²) in [5.41, 5.74) is 8.84. The van der Waals surface area contributed by atoms with Gasteiger partial charge in [0, 0.05) is 38.1 Å². The first-order valence-corrected chi connectivity index (χ1v) is 8.72. The first-order valence-electron chi connectivity index (χ1n) is 7.84. The largest absolute Gasteiger partial charge is 0.399 e. The Morgan fingerprint density at radius 2 is 2.04 bits per heavy atom. The Balaban J connectivity index is 2.35. The average molecular weight is 331 g/mol. The molecule has 0 fully saturated rings. The Bertz CT molecular complexity index is 652. The Labute approximate surface area is 142 Å². The lowest BCUT2D eigenvalue weighted by Crippen LogP contribution is -2.37. The summed E-state index contributed by atoms with van der Waals surface area (Å²) in [6.45, 7) is 4.75. The van der Waals surface area contributed by atoms with Gasteiger partial charge in [0.25, 0.3) is 5.91 Å². The molecule has 124 valence electrons. The number of hydrogen-bond acceptors (Lipinski definition) is 4. The fraction of sp³-hybridized carbons (Fsp3) is 0.389. The number of hydrogen-bond donors (Lipinski definition) is 1. The summed E-state index contributed by atoms with van der Waals surface area (Å²) in [7, 11) is 4.01. The number of nitrogens with zero attached hydrogens (tertiary/aromatic N) is 2. The van der Waals surface area contributed by atoms with Crippen LogP contribution in [0.25, 0.3) is 0 Å². The topological polar surface area (TPSA) is 49.6 Å². The van der Waals surface area contributed by atoms with Crippen LogP contribution in [0.3, 0.4) is 0 Å². The molecule has 2 N–H and O–H groups in total. The van der Waals surface area contributed by atoms with E-state index in [1.807, 2.05) is 54.7 Å². The van der Waals surface area contributed by atoms with Gasteiger partial charge in [0.1, 0.15) is 0 Å². The van der Waals surface area contributed by atoms with Gasteiger partial charge in [-0.2, -0.15) is 0 Å². The Morgan fingerprint density at radius 1 is 1.30 bits per heavy atom. The number of carbonyl (C=O) groups is 1. The number of anilines is 2. The van der Waals surface area contributed by atoms with Crippen molar-refractivity contribution in [1.82, 2.24) is 4.90 Å². The van der Waals surface area contributed by atoms with Gasteiger partial charge in [0.15, 0.2) is 0 Å². The van der Waals surface area contributed by atoms with Crippen LogP contribution in [-0.4, -0.2) is 30.9 Å². The van der Waals surface area contributed by atoms with Crippen molar-refractivity contribution in [3.8, 4) is 0 Å². The second kappa shape index (κ2) is 7.51. The molecule has 1 aromatic carbocycles. The normalized spacial score (nSPS) is 12.0. The van der Waals surface area contributed by atoms with E-state index in [0.717, 1.165) is 28.2 Å². The molecule has 0 aliphatic carbocycles. The molecule has 0 aliphatic heterocycles. The third kappa shape index (κ3) is 4.05. The summed E-state index contributed by atoms with van der Waals surface area (Å²) in [6.07, 6.45) is 0.913. The van der Waals surface area contributed by atoms with E-state index in [1.165, 1.54) is 11.3 Å². The van der Waals surface area contributed by atoms with Crippen LogP contribution in [0.2, 0.25) is 0 Å². The Kier molecular flexibility index (Phi) is 5.66.